The van der Waals surface area contributed by atoms with Gasteiger partial charge in [0.25, 0.3) is 5.82 Å². The summed E-state index contributed by atoms with van der Waals surface area (Å²) in [6.45, 7) is 0. The molecule has 3 rings (SSSR count). The highest BCUT2D eigenvalue weighted by Gasteiger charge is 2.37. The lowest BCUT2D eigenvalue weighted by atomic mass is 10.1. The van der Waals surface area contributed by atoms with Crippen LogP contribution in [0.25, 0.3) is 5.82 Å². The predicted molar refractivity (Wildman–Crippen MR) is 81.1 cm³/mol. The Kier molecular flexibility index (Phi) is 4.16. The number of rotatable bonds is 3. The molecular formula is C15H10BrF3N4. The molecule has 0 saturated carbocycles. The first-order valence-corrected chi connectivity index (χ1v) is 7.42. The third-order valence-electron chi connectivity index (χ3n) is 3.10. The van der Waals surface area contributed by atoms with Crippen LogP contribution in [0.4, 0.5) is 13.2 Å². The molecule has 0 fully saturated rings. The van der Waals surface area contributed by atoms with E-state index >= 15 is 0 Å². The van der Waals surface area contributed by atoms with E-state index < -0.39 is 12.0 Å². The van der Waals surface area contributed by atoms with Crippen molar-refractivity contribution in [1.29, 1.82) is 0 Å². The maximum Gasteiger partial charge on any atom is 0.453 e. The SMILES string of the molecule is FC(F)(F)c1nc(Br)n(-c2cc(Cc3ccccc3)ccn2)n1. The monoisotopic (exact) mass is 382 g/mol. The van der Waals surface area contributed by atoms with E-state index in [9.17, 15) is 13.2 Å². The van der Waals surface area contributed by atoms with Crippen molar-refractivity contribution in [3.8, 4) is 5.82 Å². The van der Waals surface area contributed by atoms with Crippen LogP contribution in [0.15, 0.2) is 53.4 Å². The molecule has 3 aromatic rings. The maximum absolute atomic E-state index is 12.7. The molecule has 0 unspecified atom stereocenters. The molecular weight excluding hydrogens is 373 g/mol. The third-order valence-corrected chi connectivity index (χ3v) is 3.61. The van der Waals surface area contributed by atoms with Crippen molar-refractivity contribution in [3.05, 3.63) is 70.3 Å². The van der Waals surface area contributed by atoms with Crippen LogP contribution in [0, 0.1) is 0 Å². The van der Waals surface area contributed by atoms with Gasteiger partial charge in [0.05, 0.1) is 0 Å². The Hall–Kier alpha value is -2.22. The standard InChI is InChI=1S/C15H10BrF3N4/c16-14-21-13(15(17,18)19)22-23(14)12-9-11(6-7-20-12)8-10-4-2-1-3-5-10/h1-7,9H,8H2. The second-order valence-corrected chi connectivity index (χ2v) is 5.51. The fourth-order valence-corrected chi connectivity index (χ4v) is 2.51. The van der Waals surface area contributed by atoms with Gasteiger partial charge in [-0.2, -0.15) is 22.8 Å². The second kappa shape index (κ2) is 6.11. The molecule has 0 radical (unpaired) electrons. The van der Waals surface area contributed by atoms with Crippen LogP contribution in [-0.2, 0) is 12.6 Å². The molecule has 0 N–H and O–H groups in total. The largest absolute Gasteiger partial charge is 0.453 e. The first kappa shape index (κ1) is 15.7. The van der Waals surface area contributed by atoms with Gasteiger partial charge in [0, 0.05) is 6.20 Å². The summed E-state index contributed by atoms with van der Waals surface area (Å²) in [5, 5.41) is 3.47. The summed E-state index contributed by atoms with van der Waals surface area (Å²) in [5.74, 6) is -0.937. The van der Waals surface area contributed by atoms with Crippen LogP contribution >= 0.6 is 15.9 Å². The van der Waals surface area contributed by atoms with Crippen LogP contribution in [0.3, 0.4) is 0 Å². The van der Waals surface area contributed by atoms with Gasteiger partial charge in [0.15, 0.2) is 5.82 Å². The van der Waals surface area contributed by atoms with E-state index in [1.807, 2.05) is 36.4 Å². The zero-order valence-corrected chi connectivity index (χ0v) is 13.2. The average Bonchev–Trinajstić information content (AvgIpc) is 2.91. The molecule has 1 aromatic carbocycles. The van der Waals surface area contributed by atoms with Crippen molar-refractivity contribution in [2.24, 2.45) is 0 Å². The zero-order valence-electron chi connectivity index (χ0n) is 11.6. The second-order valence-electron chi connectivity index (χ2n) is 4.80. The van der Waals surface area contributed by atoms with Crippen LogP contribution in [0.1, 0.15) is 17.0 Å². The summed E-state index contributed by atoms with van der Waals surface area (Å²) in [4.78, 5) is 7.45. The number of aromatic nitrogens is 4. The minimum Gasteiger partial charge on any atom is -0.237 e. The lowest BCUT2D eigenvalue weighted by molar-refractivity contribution is -0.144. The van der Waals surface area contributed by atoms with E-state index in [2.05, 4.69) is 31.0 Å². The molecule has 0 atom stereocenters. The highest BCUT2D eigenvalue weighted by Crippen LogP contribution is 2.28. The van der Waals surface area contributed by atoms with Crippen molar-refractivity contribution in [2.75, 3.05) is 0 Å². The number of benzene rings is 1. The topological polar surface area (TPSA) is 43.6 Å². The molecule has 4 nitrogen and oxygen atoms in total. The first-order chi connectivity index (χ1) is 10.9. The van der Waals surface area contributed by atoms with Gasteiger partial charge >= 0.3 is 6.18 Å². The van der Waals surface area contributed by atoms with Gasteiger partial charge in [0.1, 0.15) is 0 Å². The number of hydrogen-bond donors (Lipinski definition) is 0. The highest BCUT2D eigenvalue weighted by atomic mass is 79.9. The molecule has 0 saturated heterocycles. The number of alkyl halides is 3. The lowest BCUT2D eigenvalue weighted by Gasteiger charge is -2.05. The molecule has 8 heteroatoms. The Morgan fingerprint density at radius 2 is 1.78 bits per heavy atom. The van der Waals surface area contributed by atoms with Gasteiger partial charge in [-0.3, -0.25) is 0 Å². The van der Waals surface area contributed by atoms with E-state index in [4.69, 9.17) is 0 Å². The summed E-state index contributed by atoms with van der Waals surface area (Å²) in [6.07, 6.45) is -2.42. The van der Waals surface area contributed by atoms with Crippen molar-refractivity contribution in [2.45, 2.75) is 12.6 Å². The first-order valence-electron chi connectivity index (χ1n) is 6.62. The molecule has 2 aromatic heterocycles. The predicted octanol–water partition coefficient (Wildman–Crippen LogP) is 4.03. The molecule has 23 heavy (non-hydrogen) atoms. The Balaban J connectivity index is 1.93. The van der Waals surface area contributed by atoms with Crippen molar-refractivity contribution in [1.82, 2.24) is 19.7 Å². The molecule has 118 valence electrons. The van der Waals surface area contributed by atoms with Gasteiger partial charge in [-0.15, -0.1) is 5.10 Å². The van der Waals surface area contributed by atoms with Crippen LogP contribution in [-0.4, -0.2) is 19.7 Å². The lowest BCUT2D eigenvalue weighted by Crippen LogP contribution is -2.09. The van der Waals surface area contributed by atoms with Gasteiger partial charge in [-0.05, 0) is 45.6 Å². The molecule has 0 aliphatic heterocycles. The van der Waals surface area contributed by atoms with Gasteiger partial charge in [0.2, 0.25) is 4.73 Å². The van der Waals surface area contributed by atoms with Crippen molar-refractivity contribution in [3.63, 3.8) is 0 Å². The summed E-state index contributed by atoms with van der Waals surface area (Å²) < 4.78 is 39.0. The van der Waals surface area contributed by atoms with Crippen molar-refractivity contribution < 1.29 is 13.2 Å². The number of pyridine rings is 1. The number of halogens is 4. The molecule has 0 aliphatic carbocycles. The highest BCUT2D eigenvalue weighted by molar-refractivity contribution is 9.10. The van der Waals surface area contributed by atoms with E-state index in [0.717, 1.165) is 15.8 Å². The van der Waals surface area contributed by atoms with E-state index in [-0.39, 0.29) is 10.6 Å². The molecule has 2 heterocycles. The van der Waals surface area contributed by atoms with Gasteiger partial charge < -0.3 is 0 Å². The third kappa shape index (κ3) is 3.58. The van der Waals surface area contributed by atoms with E-state index in [0.29, 0.717) is 6.42 Å². The fraction of sp³-hybridized carbons (Fsp3) is 0.133. The molecule has 0 spiro atoms. The average molecular weight is 383 g/mol. The van der Waals surface area contributed by atoms with Crippen LogP contribution in [0.2, 0.25) is 0 Å². The molecule has 0 amide bonds. The minimum absolute atomic E-state index is 0.0470. The van der Waals surface area contributed by atoms with Gasteiger partial charge in [-0.25, -0.2) is 4.98 Å². The summed E-state index contributed by atoms with van der Waals surface area (Å²) in [5.41, 5.74) is 2.01. The fourth-order valence-electron chi connectivity index (χ4n) is 2.08. The summed E-state index contributed by atoms with van der Waals surface area (Å²) >= 11 is 2.99. The summed E-state index contributed by atoms with van der Waals surface area (Å²) in [7, 11) is 0. The normalized spacial score (nSPS) is 11.7. The van der Waals surface area contributed by atoms with Crippen LogP contribution in [0.5, 0.6) is 0 Å². The van der Waals surface area contributed by atoms with Crippen molar-refractivity contribution >= 4 is 15.9 Å². The number of hydrogen-bond acceptors (Lipinski definition) is 3. The quantitative estimate of drug-likeness (QED) is 0.686. The Bertz CT molecular complexity index is 815. The molecule has 0 bridgehead atoms. The smallest absolute Gasteiger partial charge is 0.237 e. The minimum atomic E-state index is -4.60. The maximum atomic E-state index is 12.7. The van der Waals surface area contributed by atoms with E-state index in [1.54, 1.807) is 6.07 Å². The number of nitrogens with zero attached hydrogens (tertiary/aromatic N) is 4. The Morgan fingerprint density at radius 1 is 1.04 bits per heavy atom. The Labute approximate surface area is 138 Å². The summed E-state index contributed by atoms with van der Waals surface area (Å²) in [6, 6.07) is 13.2. The Morgan fingerprint density at radius 3 is 2.43 bits per heavy atom. The van der Waals surface area contributed by atoms with Crippen LogP contribution < -0.4 is 0 Å². The van der Waals surface area contributed by atoms with Gasteiger partial charge in [-0.1, -0.05) is 30.3 Å². The molecule has 0 aliphatic rings. The van der Waals surface area contributed by atoms with E-state index in [1.165, 1.54) is 6.20 Å². The zero-order chi connectivity index (χ0) is 16.4.